The molecule has 0 aromatic heterocycles. The Hall–Kier alpha value is -2.44. The number of rotatable bonds is 4. The smallest absolute Gasteiger partial charge is 0.257 e. The maximum absolute atomic E-state index is 13.5. The van der Waals surface area contributed by atoms with Crippen molar-refractivity contribution in [3.63, 3.8) is 0 Å². The van der Waals surface area contributed by atoms with E-state index in [4.69, 9.17) is 4.74 Å². The van der Waals surface area contributed by atoms with Gasteiger partial charge in [-0.1, -0.05) is 30.3 Å². The lowest BCUT2D eigenvalue weighted by Crippen LogP contribution is -2.49. The molecule has 2 aromatic rings. The Balaban J connectivity index is 1.49. The summed E-state index contributed by atoms with van der Waals surface area (Å²) in [5.74, 6) is 0.102. The van der Waals surface area contributed by atoms with Crippen LogP contribution in [-0.4, -0.2) is 43.1 Å². The van der Waals surface area contributed by atoms with Gasteiger partial charge in [-0.25, -0.2) is 4.39 Å². The van der Waals surface area contributed by atoms with Crippen molar-refractivity contribution in [3.05, 3.63) is 65.5 Å². The topological polar surface area (TPSA) is 53.6 Å². The Morgan fingerprint density at radius 2 is 2.04 bits per heavy atom. The molecule has 3 unspecified atom stereocenters. The molecule has 2 saturated heterocycles. The summed E-state index contributed by atoms with van der Waals surface area (Å²) in [7, 11) is 1.46. The number of hydrogen-bond donors (Lipinski definition) is 2. The molecule has 5 nitrogen and oxygen atoms in total. The van der Waals surface area contributed by atoms with Crippen LogP contribution in [0.15, 0.2) is 48.5 Å². The molecule has 2 heterocycles. The number of carbonyl (C=O) groups is 1. The second-order valence-electron chi connectivity index (χ2n) is 7.24. The number of nitrogens with zero attached hydrogens (tertiary/aromatic N) is 1. The highest BCUT2D eigenvalue weighted by Crippen LogP contribution is 2.29. The summed E-state index contributed by atoms with van der Waals surface area (Å²) in [5, 5.41) is 0. The van der Waals surface area contributed by atoms with Crippen molar-refractivity contribution in [2.24, 2.45) is 5.92 Å². The Labute approximate surface area is 158 Å². The first kappa shape index (κ1) is 17.9. The van der Waals surface area contributed by atoms with Crippen molar-refractivity contribution >= 4 is 5.91 Å². The van der Waals surface area contributed by atoms with Crippen LogP contribution >= 0.6 is 0 Å². The van der Waals surface area contributed by atoms with Gasteiger partial charge in [0.1, 0.15) is 11.6 Å². The molecule has 2 aromatic carbocycles. The van der Waals surface area contributed by atoms with Gasteiger partial charge in [-0.15, -0.1) is 0 Å². The SMILES string of the molecule is COc1cc(F)ccc1C(=O)N1CCC2NNC(Cc3ccccc3)C2C1. The van der Waals surface area contributed by atoms with Crippen LogP contribution in [0.1, 0.15) is 22.3 Å². The summed E-state index contributed by atoms with van der Waals surface area (Å²) in [6, 6.07) is 15.1. The van der Waals surface area contributed by atoms with Gasteiger partial charge in [-0.3, -0.25) is 15.6 Å². The number of nitrogens with one attached hydrogen (secondary N) is 2. The van der Waals surface area contributed by atoms with Gasteiger partial charge in [0, 0.05) is 37.2 Å². The number of methoxy groups -OCH3 is 1. The predicted octanol–water partition coefficient (Wildman–Crippen LogP) is 2.38. The Bertz CT molecular complexity index is 814. The van der Waals surface area contributed by atoms with Crippen LogP contribution in [-0.2, 0) is 6.42 Å². The van der Waals surface area contributed by atoms with E-state index in [1.165, 1.54) is 30.9 Å². The van der Waals surface area contributed by atoms with Gasteiger partial charge in [0.15, 0.2) is 0 Å². The molecule has 0 radical (unpaired) electrons. The van der Waals surface area contributed by atoms with Crippen LogP contribution < -0.4 is 15.6 Å². The van der Waals surface area contributed by atoms with Crippen LogP contribution in [0.3, 0.4) is 0 Å². The van der Waals surface area contributed by atoms with Crippen molar-refractivity contribution < 1.29 is 13.9 Å². The van der Waals surface area contributed by atoms with Crippen LogP contribution in [0.2, 0.25) is 0 Å². The van der Waals surface area contributed by atoms with E-state index in [-0.39, 0.29) is 17.7 Å². The number of amides is 1. The number of likely N-dealkylation sites (tertiary alicyclic amines) is 1. The number of piperidine rings is 1. The van der Waals surface area contributed by atoms with Crippen molar-refractivity contribution in [1.29, 1.82) is 0 Å². The highest BCUT2D eigenvalue weighted by Gasteiger charge is 2.41. The van der Waals surface area contributed by atoms with Gasteiger partial charge in [0.2, 0.25) is 0 Å². The third-order valence-electron chi connectivity index (χ3n) is 5.61. The molecular weight excluding hydrogens is 345 g/mol. The minimum atomic E-state index is -0.408. The van der Waals surface area contributed by atoms with Gasteiger partial charge in [-0.05, 0) is 30.5 Å². The number of ether oxygens (including phenoxy) is 1. The number of hydrogen-bond acceptors (Lipinski definition) is 4. The molecule has 27 heavy (non-hydrogen) atoms. The number of carbonyl (C=O) groups excluding carboxylic acids is 1. The van der Waals surface area contributed by atoms with Crippen molar-refractivity contribution in [3.8, 4) is 5.75 Å². The molecule has 4 rings (SSSR count). The summed E-state index contributed by atoms with van der Waals surface area (Å²) in [6.45, 7) is 1.34. The van der Waals surface area contributed by atoms with E-state index >= 15 is 0 Å². The van der Waals surface area contributed by atoms with E-state index in [0.717, 1.165) is 12.8 Å². The largest absolute Gasteiger partial charge is 0.496 e. The quantitative estimate of drug-likeness (QED) is 0.869. The fourth-order valence-electron chi connectivity index (χ4n) is 4.16. The van der Waals surface area contributed by atoms with E-state index in [1.54, 1.807) is 0 Å². The standard InChI is InChI=1S/C21H24FN3O2/c1-27-20-12-15(22)7-8-16(20)21(26)25-10-9-18-17(13-25)19(24-23-18)11-14-5-3-2-4-6-14/h2-8,12,17-19,23-24H,9-11,13H2,1H3. The Morgan fingerprint density at radius 3 is 2.81 bits per heavy atom. The summed E-state index contributed by atoms with van der Waals surface area (Å²) in [5.41, 5.74) is 8.50. The monoisotopic (exact) mass is 369 g/mol. The molecule has 0 bridgehead atoms. The van der Waals surface area contributed by atoms with Crippen molar-refractivity contribution in [1.82, 2.24) is 15.8 Å². The van der Waals surface area contributed by atoms with Gasteiger partial charge >= 0.3 is 0 Å². The number of halogens is 1. The zero-order valence-electron chi connectivity index (χ0n) is 15.3. The average Bonchev–Trinajstić information content (AvgIpc) is 3.10. The van der Waals surface area contributed by atoms with Gasteiger partial charge in [0.05, 0.1) is 12.7 Å². The number of benzene rings is 2. The second kappa shape index (κ2) is 7.66. The minimum Gasteiger partial charge on any atom is -0.496 e. The fraction of sp³-hybridized carbons (Fsp3) is 0.381. The molecular formula is C21H24FN3O2. The molecule has 2 N–H and O–H groups in total. The molecule has 2 fully saturated rings. The maximum Gasteiger partial charge on any atom is 0.257 e. The summed E-state index contributed by atoms with van der Waals surface area (Å²) in [6.07, 6.45) is 1.80. The Morgan fingerprint density at radius 1 is 1.22 bits per heavy atom. The molecule has 0 spiro atoms. The zero-order valence-corrected chi connectivity index (χ0v) is 15.3. The van der Waals surface area contributed by atoms with E-state index < -0.39 is 5.82 Å². The Kier molecular flexibility index (Phi) is 5.09. The van der Waals surface area contributed by atoms with Gasteiger partial charge in [-0.2, -0.15) is 0 Å². The normalized spacial score (nSPS) is 24.5. The van der Waals surface area contributed by atoms with Crippen LogP contribution in [0.25, 0.3) is 0 Å². The first-order valence-corrected chi connectivity index (χ1v) is 9.33. The number of hydrazine groups is 1. The average molecular weight is 369 g/mol. The van der Waals surface area contributed by atoms with Crippen molar-refractivity contribution in [2.75, 3.05) is 20.2 Å². The number of fused-ring (bicyclic) bond motifs is 1. The minimum absolute atomic E-state index is 0.101. The summed E-state index contributed by atoms with van der Waals surface area (Å²) in [4.78, 5) is 14.9. The van der Waals surface area contributed by atoms with Crippen LogP contribution in [0, 0.1) is 11.7 Å². The molecule has 0 saturated carbocycles. The van der Waals surface area contributed by atoms with Crippen LogP contribution in [0.4, 0.5) is 4.39 Å². The lowest BCUT2D eigenvalue weighted by atomic mass is 9.85. The molecule has 2 aliphatic heterocycles. The molecule has 0 aliphatic carbocycles. The molecule has 6 heteroatoms. The van der Waals surface area contributed by atoms with Crippen LogP contribution in [0.5, 0.6) is 5.75 Å². The molecule has 1 amide bonds. The molecule has 3 atom stereocenters. The summed E-state index contributed by atoms with van der Waals surface area (Å²) >= 11 is 0. The fourth-order valence-corrected chi connectivity index (χ4v) is 4.16. The summed E-state index contributed by atoms with van der Waals surface area (Å²) < 4.78 is 18.7. The van der Waals surface area contributed by atoms with E-state index in [1.807, 2.05) is 23.1 Å². The first-order valence-electron chi connectivity index (χ1n) is 9.33. The maximum atomic E-state index is 13.5. The second-order valence-corrected chi connectivity index (χ2v) is 7.24. The zero-order chi connectivity index (χ0) is 18.8. The van der Waals surface area contributed by atoms with E-state index in [2.05, 4.69) is 23.0 Å². The predicted molar refractivity (Wildman–Crippen MR) is 101 cm³/mol. The third-order valence-corrected chi connectivity index (χ3v) is 5.61. The lowest BCUT2D eigenvalue weighted by molar-refractivity contribution is 0.0649. The third kappa shape index (κ3) is 3.68. The van der Waals surface area contributed by atoms with Gasteiger partial charge < -0.3 is 9.64 Å². The molecule has 142 valence electrons. The van der Waals surface area contributed by atoms with Crippen molar-refractivity contribution in [2.45, 2.75) is 24.9 Å². The van der Waals surface area contributed by atoms with Gasteiger partial charge in [0.25, 0.3) is 5.91 Å². The highest BCUT2D eigenvalue weighted by molar-refractivity contribution is 5.97. The van der Waals surface area contributed by atoms with E-state index in [9.17, 15) is 9.18 Å². The highest BCUT2D eigenvalue weighted by atomic mass is 19.1. The lowest BCUT2D eigenvalue weighted by Gasteiger charge is -2.36. The van der Waals surface area contributed by atoms with E-state index in [0.29, 0.717) is 30.6 Å². The molecule has 2 aliphatic rings. The first-order chi connectivity index (χ1) is 13.2.